The molecule has 2 heteroatoms. The molecule has 0 spiro atoms. The van der Waals surface area contributed by atoms with Gasteiger partial charge in [-0.05, 0) is 29.5 Å². The van der Waals surface area contributed by atoms with E-state index >= 15 is 0 Å². The van der Waals surface area contributed by atoms with Crippen molar-refractivity contribution in [3.05, 3.63) is 47.5 Å². The van der Waals surface area contributed by atoms with E-state index in [0.29, 0.717) is 0 Å². The summed E-state index contributed by atoms with van der Waals surface area (Å²) in [5.74, 6) is 0.333. The fraction of sp³-hybridized carbons (Fsp3) is 0.250. The second-order valence-electron chi connectivity index (χ2n) is 4.32. The molecule has 2 aromatic carbocycles. The van der Waals surface area contributed by atoms with Crippen LogP contribution in [0, 0.1) is 0 Å². The van der Waals surface area contributed by atoms with Gasteiger partial charge in [0, 0.05) is 11.6 Å². The Morgan fingerprint density at radius 1 is 0.833 bits per heavy atom. The summed E-state index contributed by atoms with van der Waals surface area (Å²) in [6.07, 6.45) is 1.55. The van der Waals surface area contributed by atoms with Crippen molar-refractivity contribution in [2.75, 3.05) is 0 Å². The van der Waals surface area contributed by atoms with Gasteiger partial charge in [-0.2, -0.15) is 0 Å². The first-order chi connectivity index (χ1) is 8.69. The first-order valence-electron chi connectivity index (χ1n) is 6.31. The van der Waals surface area contributed by atoms with Crippen LogP contribution in [0.5, 0.6) is 11.5 Å². The Bertz CT molecular complexity index is 545. The lowest BCUT2D eigenvalue weighted by atomic mass is 9.91. The highest BCUT2D eigenvalue weighted by molar-refractivity contribution is 5.76. The monoisotopic (exact) mass is 242 g/mol. The molecule has 0 heterocycles. The van der Waals surface area contributed by atoms with Crippen molar-refractivity contribution in [1.82, 2.24) is 0 Å². The molecule has 0 bridgehead atoms. The van der Waals surface area contributed by atoms with Gasteiger partial charge in [-0.3, -0.25) is 0 Å². The van der Waals surface area contributed by atoms with Crippen LogP contribution in [0.15, 0.2) is 36.4 Å². The molecule has 0 fully saturated rings. The minimum absolute atomic E-state index is 0.146. The lowest BCUT2D eigenvalue weighted by Gasteiger charge is -2.16. The molecule has 0 unspecified atom stereocenters. The SMILES string of the molecule is CCc1c(O)cc(O)c(-c2ccccc2)c1CC. The Hall–Kier alpha value is -1.96. The summed E-state index contributed by atoms with van der Waals surface area (Å²) in [7, 11) is 0. The van der Waals surface area contributed by atoms with E-state index < -0.39 is 0 Å². The van der Waals surface area contributed by atoms with Gasteiger partial charge in [0.05, 0.1) is 0 Å². The molecule has 0 aromatic heterocycles. The molecule has 0 radical (unpaired) electrons. The molecule has 0 saturated carbocycles. The first-order valence-corrected chi connectivity index (χ1v) is 6.31. The highest BCUT2D eigenvalue weighted by Crippen LogP contribution is 2.39. The highest BCUT2D eigenvalue weighted by Gasteiger charge is 2.16. The first kappa shape index (κ1) is 12.5. The molecule has 0 amide bonds. The molecule has 0 atom stereocenters. The number of phenols is 2. The molecule has 0 aliphatic carbocycles. The second-order valence-corrected chi connectivity index (χ2v) is 4.32. The number of hydrogen-bond acceptors (Lipinski definition) is 2. The lowest BCUT2D eigenvalue weighted by molar-refractivity contribution is 0.446. The van der Waals surface area contributed by atoms with Crippen molar-refractivity contribution in [2.24, 2.45) is 0 Å². The highest BCUT2D eigenvalue weighted by atomic mass is 16.3. The topological polar surface area (TPSA) is 40.5 Å². The molecule has 0 aliphatic heterocycles. The summed E-state index contributed by atoms with van der Waals surface area (Å²) in [5.41, 5.74) is 3.78. The van der Waals surface area contributed by atoms with Crippen LogP contribution in [0.3, 0.4) is 0 Å². The fourth-order valence-corrected chi connectivity index (χ4v) is 2.46. The summed E-state index contributed by atoms with van der Waals surface area (Å²) in [5, 5.41) is 20.0. The van der Waals surface area contributed by atoms with Crippen LogP contribution in [0.2, 0.25) is 0 Å². The second kappa shape index (κ2) is 5.13. The summed E-state index contributed by atoms with van der Waals surface area (Å²) in [6.45, 7) is 4.06. The maximum absolute atomic E-state index is 10.1. The van der Waals surface area contributed by atoms with E-state index in [4.69, 9.17) is 0 Å². The Balaban J connectivity index is 2.74. The minimum atomic E-state index is 0.146. The van der Waals surface area contributed by atoms with Crippen LogP contribution in [0.1, 0.15) is 25.0 Å². The Morgan fingerprint density at radius 2 is 1.44 bits per heavy atom. The molecule has 2 N–H and O–H groups in total. The fourth-order valence-electron chi connectivity index (χ4n) is 2.46. The minimum Gasteiger partial charge on any atom is -0.508 e. The quantitative estimate of drug-likeness (QED) is 0.857. The van der Waals surface area contributed by atoms with Crippen molar-refractivity contribution in [3.8, 4) is 22.6 Å². The zero-order valence-electron chi connectivity index (χ0n) is 10.8. The van der Waals surface area contributed by atoms with Gasteiger partial charge in [0.15, 0.2) is 0 Å². The summed E-state index contributed by atoms with van der Waals surface area (Å²) >= 11 is 0. The normalized spacial score (nSPS) is 10.6. The lowest BCUT2D eigenvalue weighted by Crippen LogP contribution is -1.96. The van der Waals surface area contributed by atoms with Gasteiger partial charge in [-0.1, -0.05) is 44.2 Å². The molecule has 2 aromatic rings. The third-order valence-electron chi connectivity index (χ3n) is 3.27. The number of benzene rings is 2. The zero-order chi connectivity index (χ0) is 13.1. The van der Waals surface area contributed by atoms with Crippen LogP contribution in [-0.4, -0.2) is 10.2 Å². The maximum atomic E-state index is 10.1. The zero-order valence-corrected chi connectivity index (χ0v) is 10.8. The van der Waals surface area contributed by atoms with Crippen LogP contribution in [-0.2, 0) is 12.8 Å². The van der Waals surface area contributed by atoms with E-state index in [0.717, 1.165) is 35.1 Å². The van der Waals surface area contributed by atoms with Crippen molar-refractivity contribution < 1.29 is 10.2 Å². The Kier molecular flexibility index (Phi) is 3.56. The molecule has 2 rings (SSSR count). The van der Waals surface area contributed by atoms with E-state index in [1.807, 2.05) is 44.2 Å². The van der Waals surface area contributed by atoms with Gasteiger partial charge in [0.2, 0.25) is 0 Å². The molecule has 94 valence electrons. The largest absolute Gasteiger partial charge is 0.508 e. The molecule has 0 aliphatic rings. The van der Waals surface area contributed by atoms with Gasteiger partial charge in [0.25, 0.3) is 0 Å². The third-order valence-corrected chi connectivity index (χ3v) is 3.27. The van der Waals surface area contributed by atoms with Gasteiger partial charge in [0.1, 0.15) is 11.5 Å². The summed E-state index contributed by atoms with van der Waals surface area (Å²) < 4.78 is 0. The number of rotatable bonds is 3. The van der Waals surface area contributed by atoms with E-state index in [-0.39, 0.29) is 11.5 Å². The van der Waals surface area contributed by atoms with Crippen molar-refractivity contribution in [2.45, 2.75) is 26.7 Å². The van der Waals surface area contributed by atoms with Crippen LogP contribution < -0.4 is 0 Å². The Labute approximate surface area is 108 Å². The van der Waals surface area contributed by atoms with Crippen molar-refractivity contribution >= 4 is 0 Å². The standard InChI is InChI=1S/C16H18O2/c1-3-12-13(4-2)16(15(18)10-14(12)17)11-8-6-5-7-9-11/h5-10,17-18H,3-4H2,1-2H3. The molecular weight excluding hydrogens is 224 g/mol. The van der Waals surface area contributed by atoms with Crippen LogP contribution in [0.4, 0.5) is 0 Å². The van der Waals surface area contributed by atoms with E-state index in [2.05, 4.69) is 0 Å². The third kappa shape index (κ3) is 2.06. The van der Waals surface area contributed by atoms with Gasteiger partial charge >= 0.3 is 0 Å². The van der Waals surface area contributed by atoms with Crippen molar-refractivity contribution in [3.63, 3.8) is 0 Å². The van der Waals surface area contributed by atoms with Gasteiger partial charge in [-0.25, -0.2) is 0 Å². The van der Waals surface area contributed by atoms with Gasteiger partial charge in [-0.15, -0.1) is 0 Å². The molecular formula is C16H18O2. The van der Waals surface area contributed by atoms with E-state index in [1.54, 1.807) is 0 Å². The number of phenolic OH excluding ortho intramolecular Hbond substituents is 2. The molecule has 0 saturated heterocycles. The maximum Gasteiger partial charge on any atom is 0.127 e. The predicted molar refractivity (Wildman–Crippen MR) is 74.0 cm³/mol. The van der Waals surface area contributed by atoms with Crippen LogP contribution >= 0.6 is 0 Å². The number of aromatic hydroxyl groups is 2. The average molecular weight is 242 g/mol. The van der Waals surface area contributed by atoms with Crippen LogP contribution in [0.25, 0.3) is 11.1 Å². The molecule has 2 nitrogen and oxygen atoms in total. The van der Waals surface area contributed by atoms with E-state index in [1.165, 1.54) is 6.07 Å². The summed E-state index contributed by atoms with van der Waals surface area (Å²) in [4.78, 5) is 0. The predicted octanol–water partition coefficient (Wildman–Crippen LogP) is 3.89. The Morgan fingerprint density at radius 3 is 2.00 bits per heavy atom. The van der Waals surface area contributed by atoms with Crippen molar-refractivity contribution in [1.29, 1.82) is 0 Å². The smallest absolute Gasteiger partial charge is 0.127 e. The summed E-state index contributed by atoms with van der Waals surface area (Å²) in [6, 6.07) is 11.3. The molecule has 18 heavy (non-hydrogen) atoms. The number of hydrogen-bond donors (Lipinski definition) is 2. The average Bonchev–Trinajstić information content (AvgIpc) is 2.38. The van der Waals surface area contributed by atoms with E-state index in [9.17, 15) is 10.2 Å². The van der Waals surface area contributed by atoms with Gasteiger partial charge < -0.3 is 10.2 Å².